The molecule has 10 heteroatoms. The van der Waals surface area contributed by atoms with Gasteiger partial charge in [-0.2, -0.15) is 0 Å². The summed E-state index contributed by atoms with van der Waals surface area (Å²) in [5, 5.41) is 10.8. The maximum atomic E-state index is 12.8. The number of sulfonamides is 1. The maximum Gasteiger partial charge on any atom is 0.279 e. The molecular formula is C17H16ClN3O5S. The number of hydrogen-bond acceptors (Lipinski definition) is 5. The van der Waals surface area contributed by atoms with Crippen LogP contribution >= 0.6 is 11.6 Å². The van der Waals surface area contributed by atoms with E-state index in [4.69, 9.17) is 11.6 Å². The van der Waals surface area contributed by atoms with Crippen molar-refractivity contribution in [2.24, 2.45) is 0 Å². The van der Waals surface area contributed by atoms with Crippen LogP contribution in [0.3, 0.4) is 0 Å². The van der Waals surface area contributed by atoms with Crippen molar-refractivity contribution in [2.75, 3.05) is 17.6 Å². The highest BCUT2D eigenvalue weighted by molar-refractivity contribution is 7.92. The van der Waals surface area contributed by atoms with Crippen molar-refractivity contribution in [1.29, 1.82) is 0 Å². The van der Waals surface area contributed by atoms with Crippen LogP contribution in [0.1, 0.15) is 5.56 Å². The highest BCUT2D eigenvalue weighted by atomic mass is 35.5. The van der Waals surface area contributed by atoms with Gasteiger partial charge in [-0.05, 0) is 11.6 Å². The van der Waals surface area contributed by atoms with Crippen LogP contribution in [0.4, 0.5) is 5.69 Å². The summed E-state index contributed by atoms with van der Waals surface area (Å²) >= 11 is 6.12. The second-order valence-electron chi connectivity index (χ2n) is 6.00. The second-order valence-corrected chi connectivity index (χ2v) is 8.42. The Bertz CT molecular complexity index is 1260. The third-order valence-electron chi connectivity index (χ3n) is 4.20. The minimum atomic E-state index is -3.72. The van der Waals surface area contributed by atoms with Crippen LogP contribution in [-0.2, 0) is 16.6 Å². The van der Waals surface area contributed by atoms with Gasteiger partial charge in [0.15, 0.2) is 11.3 Å². The lowest BCUT2D eigenvalue weighted by atomic mass is 10.2. The fourth-order valence-electron chi connectivity index (χ4n) is 2.63. The zero-order valence-corrected chi connectivity index (χ0v) is 16.0. The molecule has 0 fully saturated rings. The number of anilines is 1. The first-order valence-corrected chi connectivity index (χ1v) is 9.98. The highest BCUT2D eigenvalue weighted by Gasteiger charge is 2.21. The van der Waals surface area contributed by atoms with E-state index in [0.29, 0.717) is 10.6 Å². The van der Waals surface area contributed by atoms with Gasteiger partial charge in [0.05, 0.1) is 12.8 Å². The Kier molecular flexibility index (Phi) is 4.75. The molecule has 3 rings (SSSR count). The Morgan fingerprint density at radius 1 is 1.19 bits per heavy atom. The van der Waals surface area contributed by atoms with Gasteiger partial charge in [-0.25, -0.2) is 8.42 Å². The van der Waals surface area contributed by atoms with Gasteiger partial charge >= 0.3 is 0 Å². The molecule has 142 valence electrons. The van der Waals surface area contributed by atoms with Crippen LogP contribution in [0.25, 0.3) is 5.52 Å². The molecule has 0 amide bonds. The first-order valence-electron chi connectivity index (χ1n) is 7.76. The van der Waals surface area contributed by atoms with Gasteiger partial charge in [-0.15, -0.1) is 0 Å². The third kappa shape index (κ3) is 3.43. The van der Waals surface area contributed by atoms with Crippen LogP contribution in [0.5, 0.6) is 5.75 Å². The molecule has 0 spiro atoms. The Balaban J connectivity index is 2.20. The summed E-state index contributed by atoms with van der Waals surface area (Å²) in [5.74, 6) is -0.818. The number of hydrogen-bond donors (Lipinski definition) is 1. The van der Waals surface area contributed by atoms with Gasteiger partial charge in [-0.3, -0.25) is 13.9 Å². The summed E-state index contributed by atoms with van der Waals surface area (Å²) in [6, 6.07) is 7.00. The summed E-state index contributed by atoms with van der Waals surface area (Å²) in [7, 11) is -2.53. The molecule has 3 aromatic rings. The topological polar surface area (TPSA) is 101 Å². The van der Waals surface area contributed by atoms with Gasteiger partial charge in [-0.1, -0.05) is 29.8 Å². The van der Waals surface area contributed by atoms with Crippen LogP contribution in [0.2, 0.25) is 5.02 Å². The standard InChI is InChI=1S/C17H16ClN3O5S/c1-19(27(2,25)26)13-10-20-7-8-21(9-11-5-3-4-6-12(11)18)17(24)14(20)16(23)15(13)22/h3-8,10,23H,9H2,1-2H3. The van der Waals surface area contributed by atoms with E-state index >= 15 is 0 Å². The van der Waals surface area contributed by atoms with Crippen molar-refractivity contribution in [1.82, 2.24) is 8.97 Å². The molecule has 0 saturated heterocycles. The van der Waals surface area contributed by atoms with E-state index in [1.54, 1.807) is 24.3 Å². The molecule has 1 aromatic carbocycles. The van der Waals surface area contributed by atoms with E-state index in [-0.39, 0.29) is 17.7 Å². The molecule has 0 saturated carbocycles. The summed E-state index contributed by atoms with van der Waals surface area (Å²) < 4.78 is 26.7. The molecule has 0 aliphatic heterocycles. The normalized spacial score (nSPS) is 11.7. The van der Waals surface area contributed by atoms with Gasteiger partial charge in [0.2, 0.25) is 15.5 Å². The predicted molar refractivity (Wildman–Crippen MR) is 103 cm³/mol. The number of rotatable bonds is 4. The molecule has 27 heavy (non-hydrogen) atoms. The smallest absolute Gasteiger partial charge is 0.279 e. The highest BCUT2D eigenvalue weighted by Crippen LogP contribution is 2.19. The lowest BCUT2D eigenvalue weighted by Gasteiger charge is -2.17. The molecule has 2 aromatic heterocycles. The molecule has 0 bridgehead atoms. The van der Waals surface area contributed by atoms with Gasteiger partial charge in [0.25, 0.3) is 5.56 Å². The van der Waals surface area contributed by atoms with E-state index in [0.717, 1.165) is 10.6 Å². The lowest BCUT2D eigenvalue weighted by Crippen LogP contribution is -2.31. The Hall–Kier alpha value is -2.78. The number of aromatic hydroxyl groups is 1. The average Bonchev–Trinajstić information content (AvgIpc) is 2.60. The number of benzene rings is 1. The average molecular weight is 410 g/mol. The minimum Gasteiger partial charge on any atom is -0.502 e. The summed E-state index contributed by atoms with van der Waals surface area (Å²) in [6.07, 6.45) is 5.04. The number of aromatic nitrogens is 2. The van der Waals surface area contributed by atoms with E-state index in [1.165, 1.54) is 34.6 Å². The third-order valence-corrected chi connectivity index (χ3v) is 5.76. The Labute approximate surface area is 159 Å². The Morgan fingerprint density at radius 3 is 2.48 bits per heavy atom. The van der Waals surface area contributed by atoms with Crippen molar-refractivity contribution in [3.63, 3.8) is 0 Å². The zero-order valence-electron chi connectivity index (χ0n) is 14.5. The zero-order chi connectivity index (χ0) is 19.9. The molecule has 0 radical (unpaired) electrons. The molecule has 0 aliphatic carbocycles. The fourth-order valence-corrected chi connectivity index (χ4v) is 3.31. The van der Waals surface area contributed by atoms with E-state index in [1.807, 2.05) is 0 Å². The van der Waals surface area contributed by atoms with Crippen LogP contribution < -0.4 is 15.3 Å². The lowest BCUT2D eigenvalue weighted by molar-refractivity contribution is 0.472. The van der Waals surface area contributed by atoms with Crippen LogP contribution in [-0.4, -0.2) is 35.8 Å². The first kappa shape index (κ1) is 19.0. The quantitative estimate of drug-likeness (QED) is 0.699. The van der Waals surface area contributed by atoms with Crippen molar-refractivity contribution in [3.05, 3.63) is 74.0 Å². The molecule has 0 atom stereocenters. The van der Waals surface area contributed by atoms with Crippen molar-refractivity contribution in [2.45, 2.75) is 6.54 Å². The summed E-state index contributed by atoms with van der Waals surface area (Å²) in [4.78, 5) is 25.2. The number of nitrogens with zero attached hydrogens (tertiary/aromatic N) is 3. The SMILES string of the molecule is CN(c1cn2ccn(Cc3ccccc3Cl)c(=O)c2c(O)c1=O)S(C)(=O)=O. The van der Waals surface area contributed by atoms with Gasteiger partial charge < -0.3 is 14.1 Å². The van der Waals surface area contributed by atoms with Crippen molar-refractivity contribution in [3.8, 4) is 5.75 Å². The minimum absolute atomic E-state index is 0.146. The van der Waals surface area contributed by atoms with E-state index in [9.17, 15) is 23.1 Å². The number of fused-ring (bicyclic) bond motifs is 1. The predicted octanol–water partition coefficient (Wildman–Crippen LogP) is 1.26. The second kappa shape index (κ2) is 6.75. The number of pyridine rings is 1. The van der Waals surface area contributed by atoms with Crippen LogP contribution in [0, 0.1) is 0 Å². The van der Waals surface area contributed by atoms with E-state index in [2.05, 4.69) is 0 Å². The summed E-state index contributed by atoms with van der Waals surface area (Å²) in [5.41, 5.74) is -1.38. The molecular weight excluding hydrogens is 394 g/mol. The molecule has 0 aliphatic rings. The summed E-state index contributed by atoms with van der Waals surface area (Å²) in [6.45, 7) is 0.146. The van der Waals surface area contributed by atoms with Crippen molar-refractivity contribution < 1.29 is 13.5 Å². The molecule has 2 heterocycles. The first-order chi connectivity index (χ1) is 12.6. The maximum absolute atomic E-state index is 12.8. The van der Waals surface area contributed by atoms with Gasteiger partial charge in [0, 0.05) is 30.7 Å². The fraction of sp³-hybridized carbons (Fsp3) is 0.176. The Morgan fingerprint density at radius 2 is 1.85 bits per heavy atom. The van der Waals surface area contributed by atoms with Crippen LogP contribution in [0.15, 0.2) is 52.4 Å². The number of halogens is 1. The molecule has 0 unspecified atom stereocenters. The van der Waals surface area contributed by atoms with E-state index < -0.39 is 26.8 Å². The van der Waals surface area contributed by atoms with Crippen molar-refractivity contribution >= 4 is 32.8 Å². The van der Waals surface area contributed by atoms with Gasteiger partial charge in [0.1, 0.15) is 5.69 Å². The largest absolute Gasteiger partial charge is 0.502 e. The monoisotopic (exact) mass is 409 g/mol. The molecule has 8 nitrogen and oxygen atoms in total. The molecule has 1 N–H and O–H groups in total.